The lowest BCUT2D eigenvalue weighted by molar-refractivity contribution is 0.210. The molecule has 1 aromatic heterocycles. The molecule has 4 heteroatoms. The van der Waals surface area contributed by atoms with Gasteiger partial charge < -0.3 is 4.57 Å². The first kappa shape index (κ1) is 12.6. The fourth-order valence-corrected chi connectivity index (χ4v) is 3.45. The molecule has 1 heterocycles. The summed E-state index contributed by atoms with van der Waals surface area (Å²) in [5.74, 6) is 1.61. The zero-order valence-corrected chi connectivity index (χ0v) is 12.5. The second-order valence-corrected chi connectivity index (χ2v) is 6.18. The van der Waals surface area contributed by atoms with Gasteiger partial charge >= 0.3 is 0 Å². The molecule has 98 valence electrons. The summed E-state index contributed by atoms with van der Waals surface area (Å²) in [6.07, 6.45) is 5.93. The molecule has 1 aromatic carbocycles. The van der Waals surface area contributed by atoms with Crippen LogP contribution in [-0.4, -0.2) is 14.8 Å². The third-order valence-electron chi connectivity index (χ3n) is 4.07. The van der Waals surface area contributed by atoms with Crippen molar-refractivity contribution in [2.24, 2.45) is 13.0 Å². The maximum atomic E-state index is 4.35. The lowest BCUT2D eigenvalue weighted by atomic mass is 9.58. The summed E-state index contributed by atoms with van der Waals surface area (Å²) in [5, 5.41) is 8.39. The van der Waals surface area contributed by atoms with Crippen LogP contribution in [0.15, 0.2) is 47.7 Å². The van der Waals surface area contributed by atoms with Crippen LogP contribution in [0.3, 0.4) is 0 Å². The minimum Gasteiger partial charge on any atom is -0.320 e. The Balaban J connectivity index is 2.09. The highest BCUT2D eigenvalue weighted by Gasteiger charge is 2.48. The minimum atomic E-state index is -0.0200. The second kappa shape index (κ2) is 4.60. The van der Waals surface area contributed by atoms with E-state index in [-0.39, 0.29) is 5.41 Å². The van der Waals surface area contributed by atoms with E-state index in [9.17, 15) is 0 Å². The van der Waals surface area contributed by atoms with Crippen molar-refractivity contribution in [2.75, 3.05) is 0 Å². The van der Waals surface area contributed by atoms with Crippen molar-refractivity contribution in [1.29, 1.82) is 0 Å². The van der Waals surface area contributed by atoms with E-state index in [1.54, 1.807) is 6.33 Å². The Morgan fingerprint density at radius 2 is 2.26 bits per heavy atom. The van der Waals surface area contributed by atoms with Crippen LogP contribution in [0.2, 0.25) is 0 Å². The minimum absolute atomic E-state index is 0.0200. The summed E-state index contributed by atoms with van der Waals surface area (Å²) >= 11 is 3.56. The van der Waals surface area contributed by atoms with E-state index in [0.717, 1.165) is 23.1 Å². The number of hydrogen-bond acceptors (Lipinski definition) is 2. The highest BCUT2D eigenvalue weighted by molar-refractivity contribution is 9.10. The fourth-order valence-electron chi connectivity index (χ4n) is 3.05. The van der Waals surface area contributed by atoms with Crippen molar-refractivity contribution in [2.45, 2.75) is 18.3 Å². The van der Waals surface area contributed by atoms with Crippen LogP contribution >= 0.6 is 15.9 Å². The molecule has 1 aliphatic rings. The summed E-state index contributed by atoms with van der Waals surface area (Å²) in [6, 6.07) is 8.50. The van der Waals surface area contributed by atoms with Gasteiger partial charge in [-0.25, -0.2) is 0 Å². The van der Waals surface area contributed by atoms with Crippen LogP contribution in [0.5, 0.6) is 0 Å². The first-order valence-corrected chi connectivity index (χ1v) is 7.18. The molecule has 1 fully saturated rings. The van der Waals surface area contributed by atoms with Crippen LogP contribution in [0.25, 0.3) is 0 Å². The molecule has 1 saturated carbocycles. The van der Waals surface area contributed by atoms with E-state index in [2.05, 4.69) is 57.0 Å². The smallest absolute Gasteiger partial charge is 0.143 e. The topological polar surface area (TPSA) is 30.7 Å². The predicted octanol–water partition coefficient (Wildman–Crippen LogP) is 3.46. The number of nitrogens with zero attached hydrogens (tertiary/aromatic N) is 3. The Bertz CT molecular complexity index is 611. The average molecular weight is 318 g/mol. The SMILES string of the molecule is C=CC1CC(c2cccc(Br)c2)(c2nncn2C)C1. The van der Waals surface area contributed by atoms with E-state index in [1.165, 1.54) is 5.56 Å². The standard InChI is InChI=1S/C15H16BrN3/c1-3-11-8-15(9-11,14-18-17-10-19(14)2)12-5-4-6-13(16)7-12/h3-7,10-11H,1,8-9H2,2H3. The monoisotopic (exact) mass is 317 g/mol. The quantitative estimate of drug-likeness (QED) is 0.812. The van der Waals surface area contributed by atoms with Crippen LogP contribution in [0.1, 0.15) is 24.2 Å². The van der Waals surface area contributed by atoms with E-state index in [4.69, 9.17) is 0 Å². The number of rotatable bonds is 3. The fraction of sp³-hybridized carbons (Fsp3) is 0.333. The number of allylic oxidation sites excluding steroid dienone is 1. The number of hydrogen-bond donors (Lipinski definition) is 0. The molecular formula is C15H16BrN3. The van der Waals surface area contributed by atoms with Crippen molar-refractivity contribution in [3.05, 3.63) is 59.1 Å². The van der Waals surface area contributed by atoms with Gasteiger partial charge in [0, 0.05) is 11.5 Å². The molecule has 3 rings (SSSR count). The zero-order valence-electron chi connectivity index (χ0n) is 10.9. The zero-order chi connectivity index (χ0) is 13.5. The van der Waals surface area contributed by atoms with Crippen molar-refractivity contribution in [1.82, 2.24) is 14.8 Å². The molecule has 0 N–H and O–H groups in total. The van der Waals surface area contributed by atoms with Crippen LogP contribution in [-0.2, 0) is 12.5 Å². The van der Waals surface area contributed by atoms with Gasteiger partial charge in [-0.3, -0.25) is 0 Å². The molecule has 0 radical (unpaired) electrons. The maximum Gasteiger partial charge on any atom is 0.143 e. The van der Waals surface area contributed by atoms with Crippen molar-refractivity contribution in [3.8, 4) is 0 Å². The molecule has 0 amide bonds. The van der Waals surface area contributed by atoms with Gasteiger partial charge in [0.25, 0.3) is 0 Å². The maximum absolute atomic E-state index is 4.35. The van der Waals surface area contributed by atoms with Gasteiger partial charge in [0.1, 0.15) is 12.2 Å². The number of aromatic nitrogens is 3. The molecule has 2 aromatic rings. The number of aryl methyl sites for hydroxylation is 1. The Morgan fingerprint density at radius 3 is 2.84 bits per heavy atom. The Kier molecular flexibility index (Phi) is 3.05. The van der Waals surface area contributed by atoms with Gasteiger partial charge in [-0.05, 0) is 36.5 Å². The molecule has 0 aliphatic heterocycles. The van der Waals surface area contributed by atoms with Gasteiger partial charge in [0.05, 0.1) is 5.41 Å². The Hall–Kier alpha value is -1.42. The summed E-state index contributed by atoms with van der Waals surface area (Å²) in [4.78, 5) is 0. The molecule has 3 nitrogen and oxygen atoms in total. The summed E-state index contributed by atoms with van der Waals surface area (Å²) in [6.45, 7) is 3.91. The van der Waals surface area contributed by atoms with Crippen LogP contribution in [0, 0.1) is 5.92 Å². The van der Waals surface area contributed by atoms with Gasteiger partial charge in [-0.15, -0.1) is 16.8 Å². The average Bonchev–Trinajstić information content (AvgIpc) is 2.76. The summed E-state index contributed by atoms with van der Waals surface area (Å²) in [7, 11) is 2.01. The van der Waals surface area contributed by atoms with Crippen molar-refractivity contribution < 1.29 is 0 Å². The predicted molar refractivity (Wildman–Crippen MR) is 78.8 cm³/mol. The largest absolute Gasteiger partial charge is 0.320 e. The normalized spacial score (nSPS) is 25.9. The molecule has 0 spiro atoms. The molecular weight excluding hydrogens is 302 g/mol. The van der Waals surface area contributed by atoms with Gasteiger partial charge in [-0.1, -0.05) is 34.1 Å². The van der Waals surface area contributed by atoms with Gasteiger partial charge in [-0.2, -0.15) is 0 Å². The van der Waals surface area contributed by atoms with Crippen molar-refractivity contribution >= 4 is 15.9 Å². The third kappa shape index (κ3) is 1.94. The molecule has 19 heavy (non-hydrogen) atoms. The van der Waals surface area contributed by atoms with Gasteiger partial charge in [0.15, 0.2) is 0 Å². The molecule has 0 atom stereocenters. The lowest BCUT2D eigenvalue weighted by Gasteiger charge is -2.46. The first-order valence-electron chi connectivity index (χ1n) is 6.39. The first-order chi connectivity index (χ1) is 9.15. The molecule has 0 unspecified atom stereocenters. The second-order valence-electron chi connectivity index (χ2n) is 5.26. The molecule has 0 bridgehead atoms. The van der Waals surface area contributed by atoms with E-state index >= 15 is 0 Å². The highest BCUT2D eigenvalue weighted by Crippen LogP contribution is 2.52. The summed E-state index contributed by atoms with van der Waals surface area (Å²) < 4.78 is 3.13. The van der Waals surface area contributed by atoms with E-state index in [0.29, 0.717) is 5.92 Å². The summed E-state index contributed by atoms with van der Waals surface area (Å²) in [5.41, 5.74) is 1.28. The van der Waals surface area contributed by atoms with Crippen LogP contribution in [0.4, 0.5) is 0 Å². The third-order valence-corrected chi connectivity index (χ3v) is 4.56. The van der Waals surface area contributed by atoms with E-state index in [1.807, 2.05) is 17.7 Å². The van der Waals surface area contributed by atoms with Gasteiger partial charge in [0.2, 0.25) is 0 Å². The highest BCUT2D eigenvalue weighted by atomic mass is 79.9. The lowest BCUT2D eigenvalue weighted by Crippen LogP contribution is -2.43. The molecule has 1 aliphatic carbocycles. The molecule has 0 saturated heterocycles. The Morgan fingerprint density at radius 1 is 1.47 bits per heavy atom. The van der Waals surface area contributed by atoms with E-state index < -0.39 is 0 Å². The number of halogens is 1. The van der Waals surface area contributed by atoms with Crippen LogP contribution < -0.4 is 0 Å². The van der Waals surface area contributed by atoms with Crippen molar-refractivity contribution in [3.63, 3.8) is 0 Å². The number of benzene rings is 1. The Labute approximate surface area is 121 Å².